The molecule has 0 spiro atoms. The van der Waals surface area contributed by atoms with Gasteiger partial charge < -0.3 is 14.7 Å². The molecule has 154 valence electrons. The summed E-state index contributed by atoms with van der Waals surface area (Å²) in [5.41, 5.74) is 5.43. The van der Waals surface area contributed by atoms with Crippen LogP contribution in [0.1, 0.15) is 29.5 Å². The average molecular weight is 393 g/mol. The summed E-state index contributed by atoms with van der Waals surface area (Å²) in [5, 5.41) is 0. The van der Waals surface area contributed by atoms with Crippen LogP contribution in [0.2, 0.25) is 0 Å². The van der Waals surface area contributed by atoms with Crippen molar-refractivity contribution in [2.75, 3.05) is 44.2 Å². The van der Waals surface area contributed by atoms with E-state index in [1.54, 1.807) is 4.90 Å². The quantitative estimate of drug-likeness (QED) is 0.866. The minimum absolute atomic E-state index is 0.224. The van der Waals surface area contributed by atoms with Crippen molar-refractivity contribution >= 4 is 11.6 Å². The number of hydrogen-bond acceptors (Lipinski definition) is 2. The number of aryl methyl sites for hydroxylation is 1. The Morgan fingerprint density at radius 2 is 1.62 bits per heavy atom. The minimum atomic E-state index is 0.224. The van der Waals surface area contributed by atoms with Gasteiger partial charge in [0.15, 0.2) is 0 Å². The Morgan fingerprint density at radius 3 is 2.31 bits per heavy atom. The van der Waals surface area contributed by atoms with E-state index in [-0.39, 0.29) is 5.92 Å². The Kier molecular flexibility index (Phi) is 6.19. The molecule has 0 radical (unpaired) electrons. The Labute approximate surface area is 175 Å². The standard InChI is InChI=1S/C25H33N3O/c1-20-7-6-10-24(21(20)2)27-15-17-28(18-16-27)25(29)23-11-13-26(14-12-23)19-22-8-4-3-5-9-22/h3-10,23H,11-19H2,1-2H3/p+1. The fourth-order valence-corrected chi connectivity index (χ4v) is 4.84. The lowest BCUT2D eigenvalue weighted by Gasteiger charge is -2.39. The van der Waals surface area contributed by atoms with Gasteiger partial charge in [0.25, 0.3) is 0 Å². The van der Waals surface area contributed by atoms with Gasteiger partial charge in [-0.3, -0.25) is 4.79 Å². The number of piperazine rings is 1. The Hall–Kier alpha value is -2.33. The van der Waals surface area contributed by atoms with Gasteiger partial charge in [0.1, 0.15) is 6.54 Å². The van der Waals surface area contributed by atoms with Crippen LogP contribution in [0.3, 0.4) is 0 Å². The summed E-state index contributed by atoms with van der Waals surface area (Å²) in [5.74, 6) is 0.617. The molecule has 0 saturated carbocycles. The number of nitrogens with one attached hydrogen (secondary N) is 1. The Bertz CT molecular complexity index is 819. The summed E-state index contributed by atoms with van der Waals surface area (Å²) in [7, 11) is 0. The summed E-state index contributed by atoms with van der Waals surface area (Å²) in [6, 6.07) is 17.2. The van der Waals surface area contributed by atoms with Crippen molar-refractivity contribution in [3.63, 3.8) is 0 Å². The van der Waals surface area contributed by atoms with Crippen LogP contribution in [0, 0.1) is 19.8 Å². The van der Waals surface area contributed by atoms with E-state index in [1.807, 2.05) is 0 Å². The second-order valence-corrected chi connectivity index (χ2v) is 8.72. The zero-order valence-electron chi connectivity index (χ0n) is 17.9. The minimum Gasteiger partial charge on any atom is -0.368 e. The highest BCUT2D eigenvalue weighted by Crippen LogP contribution is 2.24. The molecule has 1 N–H and O–H groups in total. The van der Waals surface area contributed by atoms with Crippen LogP contribution in [-0.2, 0) is 11.3 Å². The first-order valence-electron chi connectivity index (χ1n) is 11.1. The lowest BCUT2D eigenvalue weighted by atomic mass is 9.94. The predicted molar refractivity (Wildman–Crippen MR) is 118 cm³/mol. The first-order valence-corrected chi connectivity index (χ1v) is 11.1. The molecule has 0 bridgehead atoms. The van der Waals surface area contributed by atoms with Crippen molar-refractivity contribution in [3.8, 4) is 0 Å². The topological polar surface area (TPSA) is 28.0 Å². The lowest BCUT2D eigenvalue weighted by molar-refractivity contribution is -0.919. The van der Waals surface area contributed by atoms with Crippen molar-refractivity contribution in [2.45, 2.75) is 33.2 Å². The number of piperidine rings is 1. The van der Waals surface area contributed by atoms with Crippen molar-refractivity contribution in [2.24, 2.45) is 5.92 Å². The molecule has 0 atom stereocenters. The number of nitrogens with zero attached hydrogens (tertiary/aromatic N) is 2. The molecule has 2 aliphatic heterocycles. The van der Waals surface area contributed by atoms with Crippen LogP contribution in [0.4, 0.5) is 5.69 Å². The first kappa shape index (κ1) is 20.0. The summed E-state index contributed by atoms with van der Waals surface area (Å²) in [6.07, 6.45) is 2.05. The number of hydrogen-bond donors (Lipinski definition) is 1. The highest BCUT2D eigenvalue weighted by molar-refractivity contribution is 5.79. The Morgan fingerprint density at radius 1 is 0.931 bits per heavy atom. The van der Waals surface area contributed by atoms with E-state index in [2.05, 4.69) is 72.2 Å². The molecule has 2 saturated heterocycles. The molecule has 4 nitrogen and oxygen atoms in total. The second-order valence-electron chi connectivity index (χ2n) is 8.72. The van der Waals surface area contributed by atoms with Gasteiger partial charge in [-0.1, -0.05) is 42.5 Å². The number of quaternary nitrogens is 1. The molecule has 29 heavy (non-hydrogen) atoms. The number of amides is 1. The number of carbonyl (C=O) groups is 1. The molecular weight excluding hydrogens is 358 g/mol. The van der Waals surface area contributed by atoms with Gasteiger partial charge in [0, 0.05) is 56.2 Å². The molecule has 4 rings (SSSR count). The fraction of sp³-hybridized carbons (Fsp3) is 0.480. The maximum absolute atomic E-state index is 13.1. The van der Waals surface area contributed by atoms with Crippen molar-refractivity contribution in [1.29, 1.82) is 0 Å². The number of rotatable bonds is 4. The zero-order chi connectivity index (χ0) is 20.2. The van der Waals surface area contributed by atoms with Crippen LogP contribution in [0.25, 0.3) is 0 Å². The summed E-state index contributed by atoms with van der Waals surface area (Å²) in [6.45, 7) is 11.2. The molecular formula is C25H34N3O+. The largest absolute Gasteiger partial charge is 0.368 e. The normalized spacial score (nSPS) is 22.6. The molecule has 2 aromatic rings. The molecule has 1 amide bonds. The van der Waals surface area contributed by atoms with Crippen LogP contribution in [0.15, 0.2) is 48.5 Å². The van der Waals surface area contributed by atoms with Crippen LogP contribution in [0.5, 0.6) is 0 Å². The van der Waals surface area contributed by atoms with E-state index in [4.69, 9.17) is 0 Å². The number of likely N-dealkylation sites (tertiary alicyclic amines) is 1. The van der Waals surface area contributed by atoms with Crippen LogP contribution < -0.4 is 9.80 Å². The number of anilines is 1. The summed E-state index contributed by atoms with van der Waals surface area (Å²) >= 11 is 0. The fourth-order valence-electron chi connectivity index (χ4n) is 4.84. The lowest BCUT2D eigenvalue weighted by Crippen LogP contribution is -3.11. The van der Waals surface area contributed by atoms with Gasteiger partial charge in [-0.05, 0) is 31.0 Å². The molecule has 0 aliphatic carbocycles. The van der Waals surface area contributed by atoms with Gasteiger partial charge in [-0.25, -0.2) is 0 Å². The van der Waals surface area contributed by atoms with Crippen LogP contribution in [-0.4, -0.2) is 50.1 Å². The highest BCUT2D eigenvalue weighted by atomic mass is 16.2. The molecule has 0 unspecified atom stereocenters. The van der Waals surface area contributed by atoms with E-state index < -0.39 is 0 Å². The molecule has 2 heterocycles. The second kappa shape index (κ2) is 9.00. The maximum atomic E-state index is 13.1. The maximum Gasteiger partial charge on any atom is 0.226 e. The zero-order valence-corrected chi connectivity index (χ0v) is 17.9. The van der Waals surface area contributed by atoms with E-state index in [1.165, 1.54) is 22.4 Å². The average Bonchev–Trinajstić information content (AvgIpc) is 2.77. The number of benzene rings is 2. The Balaban J connectivity index is 1.26. The summed E-state index contributed by atoms with van der Waals surface area (Å²) in [4.78, 5) is 19.3. The van der Waals surface area contributed by atoms with Crippen LogP contribution >= 0.6 is 0 Å². The molecule has 0 aromatic heterocycles. The van der Waals surface area contributed by atoms with Gasteiger partial charge in [-0.2, -0.15) is 0 Å². The molecule has 2 aliphatic rings. The first-order chi connectivity index (χ1) is 14.1. The monoisotopic (exact) mass is 392 g/mol. The summed E-state index contributed by atoms with van der Waals surface area (Å²) < 4.78 is 0. The van der Waals surface area contributed by atoms with Crippen molar-refractivity contribution < 1.29 is 9.69 Å². The molecule has 4 heteroatoms. The molecule has 2 fully saturated rings. The number of carbonyl (C=O) groups excluding carboxylic acids is 1. The van der Waals surface area contributed by atoms with Crippen molar-refractivity contribution in [1.82, 2.24) is 4.90 Å². The van der Waals surface area contributed by atoms with E-state index in [9.17, 15) is 4.79 Å². The molecule has 2 aromatic carbocycles. The third kappa shape index (κ3) is 4.64. The SMILES string of the molecule is Cc1cccc(N2CCN(C(=O)C3CC[NH+](Cc4ccccc4)CC3)CC2)c1C. The van der Waals surface area contributed by atoms with Gasteiger partial charge >= 0.3 is 0 Å². The van der Waals surface area contributed by atoms with Gasteiger partial charge in [0.05, 0.1) is 13.1 Å². The van der Waals surface area contributed by atoms with E-state index in [0.29, 0.717) is 5.91 Å². The van der Waals surface area contributed by atoms with E-state index in [0.717, 1.165) is 58.7 Å². The smallest absolute Gasteiger partial charge is 0.226 e. The van der Waals surface area contributed by atoms with E-state index >= 15 is 0 Å². The third-order valence-corrected chi connectivity index (χ3v) is 6.85. The third-order valence-electron chi connectivity index (χ3n) is 6.85. The predicted octanol–water partition coefficient (Wildman–Crippen LogP) is 2.45. The van der Waals surface area contributed by atoms with Crippen molar-refractivity contribution in [3.05, 3.63) is 65.2 Å². The van der Waals surface area contributed by atoms with Gasteiger partial charge in [-0.15, -0.1) is 0 Å². The highest BCUT2D eigenvalue weighted by Gasteiger charge is 2.32. The van der Waals surface area contributed by atoms with Gasteiger partial charge in [0.2, 0.25) is 5.91 Å².